The van der Waals surface area contributed by atoms with Crippen molar-refractivity contribution in [2.75, 3.05) is 0 Å². The van der Waals surface area contributed by atoms with E-state index in [2.05, 4.69) is 0 Å². The first-order chi connectivity index (χ1) is 3.34. The summed E-state index contributed by atoms with van der Waals surface area (Å²) in [7, 11) is 0. The summed E-state index contributed by atoms with van der Waals surface area (Å²) < 4.78 is 0.521. The summed E-state index contributed by atoms with van der Waals surface area (Å²) in [4.78, 5) is 10.6. The molecule has 0 unspecified atom stereocenters. The monoisotopic (exact) mass is 164 g/mol. The van der Waals surface area contributed by atoms with Crippen molar-refractivity contribution >= 4 is 19.6 Å². The second-order valence-corrected chi connectivity index (χ2v) is 3.50. The van der Waals surface area contributed by atoms with E-state index in [4.69, 9.17) is 0 Å². The van der Waals surface area contributed by atoms with Crippen LogP contribution in [0.4, 0.5) is 0 Å². The van der Waals surface area contributed by atoms with Crippen LogP contribution in [0.1, 0.15) is 12.8 Å². The summed E-state index contributed by atoms with van der Waals surface area (Å²) in [5.41, 5.74) is 0. The quantitative estimate of drug-likeness (QED) is 0.547. The molecule has 0 atom stereocenters. The van der Waals surface area contributed by atoms with Gasteiger partial charge < -0.3 is 0 Å². The van der Waals surface area contributed by atoms with Gasteiger partial charge in [0.15, 0.2) is 0 Å². The van der Waals surface area contributed by atoms with Gasteiger partial charge in [0.25, 0.3) is 0 Å². The van der Waals surface area contributed by atoms with Crippen molar-refractivity contribution in [1.82, 2.24) is 0 Å². The number of carbonyl (C=O) groups is 1. The van der Waals surface area contributed by atoms with E-state index in [9.17, 15) is 4.79 Å². The fraction of sp³-hybridized carbons (Fsp3) is 0.800. The normalized spacial score (nSPS) is 19.6. The molecule has 1 rings (SSSR count). The number of hydrogen-bond donors (Lipinski definition) is 0. The summed E-state index contributed by atoms with van der Waals surface area (Å²) in [6, 6.07) is 0. The van der Waals surface area contributed by atoms with E-state index in [1.54, 1.807) is 0 Å². The van der Waals surface area contributed by atoms with E-state index in [0.29, 0.717) is 10.6 Å². The van der Waals surface area contributed by atoms with E-state index >= 15 is 0 Å². The zero-order chi connectivity index (χ0) is 5.28. The van der Waals surface area contributed by atoms with E-state index in [-0.39, 0.29) is 15.0 Å². The first-order valence-corrected chi connectivity index (χ1v) is 4.99. The third kappa shape index (κ3) is 1.29. The van der Waals surface area contributed by atoms with Gasteiger partial charge >= 0.3 is 49.0 Å². The van der Waals surface area contributed by atoms with Crippen LogP contribution in [-0.4, -0.2) is 19.6 Å². The Morgan fingerprint density at radius 1 is 1.71 bits per heavy atom. The molecule has 1 fully saturated rings. The van der Waals surface area contributed by atoms with E-state index < -0.39 is 0 Å². The Labute approximate surface area is 49.6 Å². The van der Waals surface area contributed by atoms with Crippen molar-refractivity contribution < 1.29 is 4.79 Å². The summed E-state index contributed by atoms with van der Waals surface area (Å²) in [6.07, 6.45) is 2.35. The first-order valence-electron chi connectivity index (χ1n) is 2.42. The standard InChI is InChI=1S/C5H8OSe/c1-7-5(6)4-2-3-4/h4H,2-3H2,1H3. The number of carbonyl (C=O) groups excluding carboxylic acids is 1. The average molecular weight is 163 g/mol. The fourth-order valence-corrected chi connectivity index (χ4v) is 1.68. The molecule has 0 bridgehead atoms. The summed E-state index contributed by atoms with van der Waals surface area (Å²) >= 11 is 0.279. The third-order valence-electron chi connectivity index (χ3n) is 1.11. The van der Waals surface area contributed by atoms with E-state index in [1.807, 2.05) is 5.82 Å². The SMILES string of the molecule is C[Se]C(=O)C1CC1. The van der Waals surface area contributed by atoms with Crippen molar-refractivity contribution in [1.29, 1.82) is 0 Å². The topological polar surface area (TPSA) is 17.1 Å². The Morgan fingerprint density at radius 3 is 2.43 bits per heavy atom. The van der Waals surface area contributed by atoms with Gasteiger partial charge in [-0.15, -0.1) is 0 Å². The van der Waals surface area contributed by atoms with Gasteiger partial charge in [-0.1, -0.05) is 0 Å². The van der Waals surface area contributed by atoms with Gasteiger partial charge in [0.05, 0.1) is 0 Å². The molecule has 1 nitrogen and oxygen atoms in total. The molecule has 7 heavy (non-hydrogen) atoms. The molecular weight excluding hydrogens is 155 g/mol. The molecule has 0 heterocycles. The van der Waals surface area contributed by atoms with Crippen LogP contribution in [0.15, 0.2) is 0 Å². The van der Waals surface area contributed by atoms with Crippen molar-refractivity contribution in [3.05, 3.63) is 0 Å². The molecule has 0 amide bonds. The van der Waals surface area contributed by atoms with E-state index in [0.717, 1.165) is 0 Å². The Hall–Kier alpha value is 0.189. The molecule has 40 valence electrons. The Balaban J connectivity index is 2.24. The average Bonchev–Trinajstić information content (AvgIpc) is 2.44. The minimum atomic E-state index is 0.279. The van der Waals surface area contributed by atoms with Crippen LogP contribution < -0.4 is 0 Å². The zero-order valence-corrected chi connectivity index (χ0v) is 6.02. The second-order valence-electron chi connectivity index (χ2n) is 1.80. The molecule has 0 aromatic carbocycles. The first kappa shape index (κ1) is 5.33. The summed E-state index contributed by atoms with van der Waals surface area (Å²) in [6.45, 7) is 0. The van der Waals surface area contributed by atoms with Crippen molar-refractivity contribution in [2.24, 2.45) is 5.92 Å². The maximum atomic E-state index is 10.6. The van der Waals surface area contributed by atoms with Gasteiger partial charge in [-0.05, 0) is 0 Å². The molecule has 1 aliphatic rings. The predicted molar refractivity (Wildman–Crippen MR) is 29.3 cm³/mol. The molecule has 0 saturated heterocycles. The molecule has 1 aliphatic carbocycles. The molecular formula is C5H8OSe. The van der Waals surface area contributed by atoms with Gasteiger partial charge in [0.2, 0.25) is 0 Å². The predicted octanol–water partition coefficient (Wildman–Crippen LogP) is 0.675. The zero-order valence-electron chi connectivity index (χ0n) is 4.31. The Morgan fingerprint density at radius 2 is 2.29 bits per heavy atom. The summed E-state index contributed by atoms with van der Waals surface area (Å²) in [5.74, 6) is 2.50. The second kappa shape index (κ2) is 1.97. The number of hydrogen-bond acceptors (Lipinski definition) is 1. The molecule has 0 aromatic rings. The molecule has 0 radical (unpaired) electrons. The molecule has 1 saturated carbocycles. The molecule has 0 spiro atoms. The van der Waals surface area contributed by atoms with Crippen molar-refractivity contribution in [3.8, 4) is 0 Å². The van der Waals surface area contributed by atoms with Crippen LogP contribution >= 0.6 is 0 Å². The van der Waals surface area contributed by atoms with Crippen LogP contribution in [0.5, 0.6) is 0 Å². The van der Waals surface area contributed by atoms with Gasteiger partial charge in [0.1, 0.15) is 0 Å². The maximum absolute atomic E-state index is 10.6. The Kier molecular flexibility index (Phi) is 1.50. The molecule has 0 N–H and O–H groups in total. The van der Waals surface area contributed by atoms with Gasteiger partial charge in [-0.25, -0.2) is 0 Å². The van der Waals surface area contributed by atoms with Crippen LogP contribution in [-0.2, 0) is 4.79 Å². The summed E-state index contributed by atoms with van der Waals surface area (Å²) in [5, 5.41) is 0. The van der Waals surface area contributed by atoms with E-state index in [1.165, 1.54) is 12.8 Å². The van der Waals surface area contributed by atoms with Gasteiger partial charge in [-0.2, -0.15) is 0 Å². The van der Waals surface area contributed by atoms with Crippen molar-refractivity contribution in [2.45, 2.75) is 18.7 Å². The van der Waals surface area contributed by atoms with Crippen molar-refractivity contribution in [3.63, 3.8) is 0 Å². The van der Waals surface area contributed by atoms with Crippen LogP contribution in [0.2, 0.25) is 5.82 Å². The molecule has 2 heteroatoms. The van der Waals surface area contributed by atoms with Gasteiger partial charge in [-0.3, -0.25) is 0 Å². The van der Waals surface area contributed by atoms with Gasteiger partial charge in [0, 0.05) is 0 Å². The fourth-order valence-electron chi connectivity index (χ4n) is 0.486. The number of rotatable bonds is 2. The third-order valence-corrected chi connectivity index (χ3v) is 2.66. The van der Waals surface area contributed by atoms with Crippen LogP contribution in [0.25, 0.3) is 0 Å². The Bertz CT molecular complexity index is 86.1. The minimum absolute atomic E-state index is 0.279. The van der Waals surface area contributed by atoms with Crippen LogP contribution in [0, 0.1) is 5.92 Å². The molecule has 0 aromatic heterocycles. The van der Waals surface area contributed by atoms with Crippen LogP contribution in [0.3, 0.4) is 0 Å². The molecule has 0 aliphatic heterocycles.